The summed E-state index contributed by atoms with van der Waals surface area (Å²) in [4.78, 5) is 0. The molecule has 0 N–H and O–H groups in total. The van der Waals surface area contributed by atoms with Gasteiger partial charge in [-0.2, -0.15) is 0 Å². The molecule has 0 amide bonds. The van der Waals surface area contributed by atoms with E-state index < -0.39 is 0 Å². The van der Waals surface area contributed by atoms with Crippen LogP contribution in [0.1, 0.15) is 11.1 Å². The summed E-state index contributed by atoms with van der Waals surface area (Å²) in [6.07, 6.45) is 0. The Balaban J connectivity index is 0.000000640. The molecule has 0 bridgehead atoms. The van der Waals surface area contributed by atoms with E-state index in [-0.39, 0.29) is 27.3 Å². The van der Waals surface area contributed by atoms with E-state index in [0.717, 1.165) is 0 Å². The summed E-state index contributed by atoms with van der Waals surface area (Å²) in [6, 6.07) is 8.48. The molecule has 1 aromatic rings. The quantitative estimate of drug-likeness (QED) is 0.642. The SMILES string of the molecule is Cc1ccc(C)cc1.[Pb]. The molecular weight excluding hydrogens is 303 g/mol. The molecule has 9 heavy (non-hydrogen) atoms. The first-order valence-corrected chi connectivity index (χ1v) is 2.82. The number of rotatable bonds is 0. The Morgan fingerprint density at radius 3 is 1.22 bits per heavy atom. The van der Waals surface area contributed by atoms with Gasteiger partial charge in [0.25, 0.3) is 0 Å². The number of benzene rings is 1. The number of aryl methyl sites for hydroxylation is 2. The minimum Gasteiger partial charge on any atom is -0.0591 e. The average Bonchev–Trinajstić information content (AvgIpc) is 1.77. The van der Waals surface area contributed by atoms with Gasteiger partial charge in [-0.1, -0.05) is 35.4 Å². The monoisotopic (exact) mass is 314 g/mol. The third-order valence-electron chi connectivity index (χ3n) is 1.22. The van der Waals surface area contributed by atoms with E-state index in [1.54, 1.807) is 0 Å². The molecule has 0 unspecified atom stereocenters. The van der Waals surface area contributed by atoms with Crippen LogP contribution in [0.15, 0.2) is 24.3 Å². The molecule has 4 radical (unpaired) electrons. The first-order chi connectivity index (χ1) is 3.79. The maximum atomic E-state index is 2.12. The Morgan fingerprint density at radius 2 is 1.00 bits per heavy atom. The van der Waals surface area contributed by atoms with Gasteiger partial charge >= 0.3 is 0 Å². The molecule has 0 aliphatic heterocycles. The van der Waals surface area contributed by atoms with Gasteiger partial charge < -0.3 is 0 Å². The van der Waals surface area contributed by atoms with Crippen LogP contribution < -0.4 is 0 Å². The van der Waals surface area contributed by atoms with E-state index in [0.29, 0.717) is 0 Å². The summed E-state index contributed by atoms with van der Waals surface area (Å²) in [5, 5.41) is 0. The second kappa shape index (κ2) is 4.04. The van der Waals surface area contributed by atoms with Crippen LogP contribution in [-0.2, 0) is 0 Å². The fraction of sp³-hybridized carbons (Fsp3) is 0.250. The molecule has 0 spiro atoms. The molecule has 0 saturated carbocycles. The van der Waals surface area contributed by atoms with Crippen molar-refractivity contribution in [3.05, 3.63) is 35.4 Å². The van der Waals surface area contributed by atoms with Gasteiger partial charge in [-0.25, -0.2) is 0 Å². The van der Waals surface area contributed by atoms with Gasteiger partial charge in [0.15, 0.2) is 0 Å². The van der Waals surface area contributed by atoms with Crippen molar-refractivity contribution < 1.29 is 0 Å². The van der Waals surface area contributed by atoms with Crippen molar-refractivity contribution in [3.8, 4) is 0 Å². The smallest absolute Gasteiger partial charge is 0 e. The molecule has 1 heteroatoms. The summed E-state index contributed by atoms with van der Waals surface area (Å²) >= 11 is 0. The van der Waals surface area contributed by atoms with Gasteiger partial charge in [0.05, 0.1) is 0 Å². The molecule has 0 aliphatic rings. The van der Waals surface area contributed by atoms with Gasteiger partial charge in [0.1, 0.15) is 0 Å². The van der Waals surface area contributed by atoms with Crippen LogP contribution in [-0.4, -0.2) is 27.3 Å². The second-order valence-electron chi connectivity index (χ2n) is 2.15. The summed E-state index contributed by atoms with van der Waals surface area (Å²) in [5.41, 5.74) is 2.66. The minimum atomic E-state index is 0. The van der Waals surface area contributed by atoms with Gasteiger partial charge in [0.2, 0.25) is 0 Å². The Morgan fingerprint density at radius 1 is 0.778 bits per heavy atom. The minimum absolute atomic E-state index is 0. The standard InChI is InChI=1S/C8H10.Pb/c1-7-3-5-8(2)6-4-7;/h3-6H,1-2H3;. The molecule has 0 aromatic heterocycles. The van der Waals surface area contributed by atoms with E-state index in [9.17, 15) is 0 Å². The summed E-state index contributed by atoms with van der Waals surface area (Å²) in [7, 11) is 0. The van der Waals surface area contributed by atoms with Crippen LogP contribution >= 0.6 is 0 Å². The third-order valence-corrected chi connectivity index (χ3v) is 1.22. The zero-order chi connectivity index (χ0) is 5.98. The van der Waals surface area contributed by atoms with E-state index in [4.69, 9.17) is 0 Å². The Kier molecular flexibility index (Phi) is 4.10. The van der Waals surface area contributed by atoms with Crippen LogP contribution in [0.25, 0.3) is 0 Å². The van der Waals surface area contributed by atoms with Crippen LogP contribution in [0.2, 0.25) is 0 Å². The third kappa shape index (κ3) is 2.99. The molecule has 0 nitrogen and oxygen atoms in total. The number of hydrogen-bond acceptors (Lipinski definition) is 0. The van der Waals surface area contributed by atoms with Crippen LogP contribution in [0.4, 0.5) is 0 Å². The van der Waals surface area contributed by atoms with Crippen molar-refractivity contribution in [2.24, 2.45) is 0 Å². The zero-order valence-electron chi connectivity index (χ0n) is 5.81. The summed E-state index contributed by atoms with van der Waals surface area (Å²) in [5.74, 6) is 0. The largest absolute Gasteiger partial charge is 0.0591 e. The topological polar surface area (TPSA) is 0 Å². The Hall–Kier alpha value is 0.142. The fourth-order valence-corrected chi connectivity index (χ4v) is 0.637. The van der Waals surface area contributed by atoms with E-state index >= 15 is 0 Å². The van der Waals surface area contributed by atoms with Crippen molar-refractivity contribution in [1.29, 1.82) is 0 Å². The van der Waals surface area contributed by atoms with E-state index in [1.165, 1.54) is 11.1 Å². The molecule has 0 fully saturated rings. The molecule has 0 atom stereocenters. The molecule has 46 valence electrons. The van der Waals surface area contributed by atoms with Gasteiger partial charge in [-0.15, -0.1) is 0 Å². The van der Waals surface area contributed by atoms with Gasteiger partial charge in [-0.3, -0.25) is 0 Å². The second-order valence-corrected chi connectivity index (χ2v) is 2.15. The normalized spacial score (nSPS) is 8.22. The Labute approximate surface area is 76.4 Å². The van der Waals surface area contributed by atoms with Crippen molar-refractivity contribution in [2.75, 3.05) is 0 Å². The zero-order valence-corrected chi connectivity index (χ0v) is 9.70. The molecule has 0 heterocycles. The average molecular weight is 313 g/mol. The molecule has 0 saturated heterocycles. The first kappa shape index (κ1) is 9.14. The summed E-state index contributed by atoms with van der Waals surface area (Å²) in [6.45, 7) is 4.19. The molecule has 1 rings (SSSR count). The van der Waals surface area contributed by atoms with E-state index in [2.05, 4.69) is 38.1 Å². The van der Waals surface area contributed by atoms with Crippen LogP contribution in [0.3, 0.4) is 0 Å². The van der Waals surface area contributed by atoms with Crippen molar-refractivity contribution in [3.63, 3.8) is 0 Å². The van der Waals surface area contributed by atoms with Gasteiger partial charge in [0, 0.05) is 27.3 Å². The van der Waals surface area contributed by atoms with Crippen molar-refractivity contribution in [1.82, 2.24) is 0 Å². The van der Waals surface area contributed by atoms with Gasteiger partial charge in [-0.05, 0) is 13.8 Å². The van der Waals surface area contributed by atoms with Crippen LogP contribution in [0, 0.1) is 13.8 Å². The first-order valence-electron chi connectivity index (χ1n) is 2.82. The van der Waals surface area contributed by atoms with E-state index in [1.807, 2.05) is 0 Å². The molecule has 0 aliphatic carbocycles. The predicted molar refractivity (Wildman–Crippen MR) is 41.7 cm³/mol. The number of hydrogen-bond donors (Lipinski definition) is 0. The summed E-state index contributed by atoms with van der Waals surface area (Å²) < 4.78 is 0. The van der Waals surface area contributed by atoms with Crippen molar-refractivity contribution in [2.45, 2.75) is 13.8 Å². The maximum absolute atomic E-state index is 2.12. The van der Waals surface area contributed by atoms with Crippen molar-refractivity contribution >= 4 is 27.3 Å². The van der Waals surface area contributed by atoms with Crippen LogP contribution in [0.5, 0.6) is 0 Å². The Bertz CT molecular complexity index is 143. The molecule has 1 aromatic carbocycles. The maximum Gasteiger partial charge on any atom is 0 e. The predicted octanol–water partition coefficient (Wildman–Crippen LogP) is 1.92. The fourth-order valence-electron chi connectivity index (χ4n) is 0.637. The molecular formula is C8H10Pb.